The zero-order valence-electron chi connectivity index (χ0n) is 6.83. The third kappa shape index (κ3) is 7.08. The van der Waals surface area contributed by atoms with Crippen molar-refractivity contribution in [2.24, 2.45) is 9.98 Å². The lowest BCUT2D eigenvalue weighted by Crippen LogP contribution is -1.74. The van der Waals surface area contributed by atoms with Gasteiger partial charge in [-0.15, -0.1) is 0 Å². The van der Waals surface area contributed by atoms with Gasteiger partial charge in [-0.05, 0) is 20.3 Å². The predicted octanol–water partition coefficient (Wildman–Crippen LogP) is 2.42. The number of aliphatic imine (C=N–C) groups is 2. The average Bonchev–Trinajstić information content (AvgIpc) is 1.87. The zero-order chi connectivity index (χ0) is 7.82. The predicted molar refractivity (Wildman–Crippen MR) is 46.7 cm³/mol. The molecular weight excluding hydrogens is 124 g/mol. The molecule has 10 heavy (non-hydrogen) atoms. The van der Waals surface area contributed by atoms with E-state index in [2.05, 4.69) is 9.98 Å². The van der Waals surface area contributed by atoms with Gasteiger partial charge in [-0.25, -0.2) is 0 Å². The molecule has 0 amide bonds. The van der Waals surface area contributed by atoms with Crippen LogP contribution < -0.4 is 0 Å². The molecule has 0 heterocycles. The third-order valence-corrected chi connectivity index (χ3v) is 0.773. The summed E-state index contributed by atoms with van der Waals surface area (Å²) in [7, 11) is 0. The Morgan fingerprint density at radius 3 is 2.50 bits per heavy atom. The normalized spacial score (nSPS) is 11.1. The third-order valence-electron chi connectivity index (χ3n) is 0.773. The van der Waals surface area contributed by atoms with Crippen LogP contribution in [0.15, 0.2) is 22.4 Å². The number of hydrogen-bond acceptors (Lipinski definition) is 2. The largest absolute Gasteiger partial charge is 0.267 e. The molecule has 0 saturated heterocycles. The van der Waals surface area contributed by atoms with E-state index >= 15 is 0 Å². The summed E-state index contributed by atoms with van der Waals surface area (Å²) in [6.45, 7) is 5.95. The van der Waals surface area contributed by atoms with E-state index in [1.165, 1.54) is 0 Å². The molecule has 0 radical (unpaired) electrons. The first-order chi connectivity index (χ1) is 4.77. The molecular formula is C8H14N2. The molecule has 0 aromatic rings. The highest BCUT2D eigenvalue weighted by Gasteiger charge is 1.69. The van der Waals surface area contributed by atoms with Crippen LogP contribution in [0.4, 0.5) is 0 Å². The molecule has 2 heteroatoms. The van der Waals surface area contributed by atoms with Crippen LogP contribution in [0.1, 0.15) is 27.2 Å². The molecule has 0 bridgehead atoms. The molecule has 56 valence electrons. The maximum Gasteiger partial charge on any atom is 0.0449 e. The lowest BCUT2D eigenvalue weighted by Gasteiger charge is -1.80. The van der Waals surface area contributed by atoms with Crippen LogP contribution in [0.3, 0.4) is 0 Å². The van der Waals surface area contributed by atoms with Crippen molar-refractivity contribution in [1.82, 2.24) is 0 Å². The second-order valence-electron chi connectivity index (χ2n) is 2.11. The summed E-state index contributed by atoms with van der Waals surface area (Å²) >= 11 is 0. The summed E-state index contributed by atoms with van der Waals surface area (Å²) in [6, 6.07) is 0. The molecule has 0 unspecified atom stereocenters. The van der Waals surface area contributed by atoms with Gasteiger partial charge in [0, 0.05) is 24.3 Å². The summed E-state index contributed by atoms with van der Waals surface area (Å²) in [5.41, 5.74) is 1.04. The highest BCUT2D eigenvalue weighted by Crippen LogP contribution is 1.80. The van der Waals surface area contributed by atoms with Crippen LogP contribution in [0.2, 0.25) is 0 Å². The Bertz CT molecular complexity index is 151. The maximum absolute atomic E-state index is 4.02. The minimum Gasteiger partial charge on any atom is -0.267 e. The van der Waals surface area contributed by atoms with E-state index in [-0.39, 0.29) is 0 Å². The highest BCUT2D eigenvalue weighted by molar-refractivity contribution is 5.79. The summed E-state index contributed by atoms with van der Waals surface area (Å²) < 4.78 is 0. The van der Waals surface area contributed by atoms with E-state index in [4.69, 9.17) is 0 Å². The summed E-state index contributed by atoms with van der Waals surface area (Å²) in [5.74, 6) is 0. The Balaban J connectivity index is 3.57. The smallest absolute Gasteiger partial charge is 0.0449 e. The van der Waals surface area contributed by atoms with E-state index in [1.807, 2.05) is 27.0 Å². The molecule has 0 saturated carbocycles. The molecule has 0 rings (SSSR count). The van der Waals surface area contributed by atoms with Crippen LogP contribution >= 0.6 is 0 Å². The average molecular weight is 138 g/mol. The quantitative estimate of drug-likeness (QED) is 0.535. The van der Waals surface area contributed by atoms with Gasteiger partial charge in [-0.3, -0.25) is 9.98 Å². The van der Waals surface area contributed by atoms with Crippen molar-refractivity contribution in [2.45, 2.75) is 27.2 Å². The monoisotopic (exact) mass is 138 g/mol. The van der Waals surface area contributed by atoms with Gasteiger partial charge in [0.1, 0.15) is 0 Å². The summed E-state index contributed by atoms with van der Waals surface area (Å²) in [4.78, 5) is 7.97. The fourth-order valence-corrected chi connectivity index (χ4v) is 0.387. The minimum atomic E-state index is 0.971. The van der Waals surface area contributed by atoms with Gasteiger partial charge in [0.2, 0.25) is 0 Å². The van der Waals surface area contributed by atoms with E-state index in [0.29, 0.717) is 0 Å². The lowest BCUT2D eigenvalue weighted by molar-refractivity contribution is 1.31. The number of rotatable bonds is 3. The van der Waals surface area contributed by atoms with Gasteiger partial charge in [0.05, 0.1) is 0 Å². The molecule has 2 nitrogen and oxygen atoms in total. The first-order valence-electron chi connectivity index (χ1n) is 3.45. The summed E-state index contributed by atoms with van der Waals surface area (Å²) in [5, 5.41) is 0. The van der Waals surface area contributed by atoms with Gasteiger partial charge in [-0.1, -0.05) is 6.92 Å². The van der Waals surface area contributed by atoms with Gasteiger partial charge in [-0.2, -0.15) is 0 Å². The van der Waals surface area contributed by atoms with Crippen LogP contribution in [-0.4, -0.2) is 11.9 Å². The van der Waals surface area contributed by atoms with Gasteiger partial charge in [0.15, 0.2) is 0 Å². The van der Waals surface area contributed by atoms with Crippen LogP contribution in [0, 0.1) is 0 Å². The minimum absolute atomic E-state index is 0.971. The van der Waals surface area contributed by atoms with Crippen molar-refractivity contribution in [3.63, 3.8) is 0 Å². The second kappa shape index (κ2) is 6.20. The molecule has 0 fully saturated rings. The van der Waals surface area contributed by atoms with Crippen molar-refractivity contribution < 1.29 is 0 Å². The maximum atomic E-state index is 4.02. The molecule has 0 aromatic heterocycles. The first-order valence-corrected chi connectivity index (χ1v) is 3.45. The van der Waals surface area contributed by atoms with Gasteiger partial charge < -0.3 is 0 Å². The van der Waals surface area contributed by atoms with Crippen molar-refractivity contribution in [3.8, 4) is 0 Å². The Hall–Kier alpha value is -0.920. The number of nitrogens with zero attached hydrogens (tertiary/aromatic N) is 2. The molecule has 0 atom stereocenters. The molecule has 0 aliphatic carbocycles. The Kier molecular flexibility index (Phi) is 5.63. The summed E-state index contributed by atoms with van der Waals surface area (Å²) in [6.07, 6.45) is 6.20. The van der Waals surface area contributed by atoms with Crippen LogP contribution in [0.25, 0.3) is 0 Å². The van der Waals surface area contributed by atoms with E-state index < -0.39 is 0 Å². The van der Waals surface area contributed by atoms with Crippen molar-refractivity contribution in [3.05, 3.63) is 12.4 Å². The molecule has 0 spiro atoms. The van der Waals surface area contributed by atoms with Crippen LogP contribution in [-0.2, 0) is 0 Å². The molecule has 0 N–H and O–H groups in total. The number of hydrogen-bond donors (Lipinski definition) is 0. The second-order valence-corrected chi connectivity index (χ2v) is 2.11. The topological polar surface area (TPSA) is 24.7 Å². The standard InChI is InChI=1S/C8H14N2/c1-4-5-9-6-7-10-8(2)3/h5-7H,4H2,1-3H3/b7-6-,9-5+. The SMILES string of the molecule is CC/C=N/C=C\N=C(C)C. The van der Waals surface area contributed by atoms with Gasteiger partial charge >= 0.3 is 0 Å². The van der Waals surface area contributed by atoms with Crippen LogP contribution in [0.5, 0.6) is 0 Å². The van der Waals surface area contributed by atoms with Crippen molar-refractivity contribution in [1.29, 1.82) is 0 Å². The fourth-order valence-electron chi connectivity index (χ4n) is 0.387. The molecule has 0 aromatic carbocycles. The van der Waals surface area contributed by atoms with E-state index in [0.717, 1.165) is 12.1 Å². The van der Waals surface area contributed by atoms with Crippen molar-refractivity contribution in [2.75, 3.05) is 0 Å². The first kappa shape index (κ1) is 9.08. The molecule has 0 aliphatic heterocycles. The highest BCUT2D eigenvalue weighted by atomic mass is 14.7. The van der Waals surface area contributed by atoms with Crippen molar-refractivity contribution >= 4 is 11.9 Å². The Morgan fingerprint density at radius 1 is 1.30 bits per heavy atom. The fraction of sp³-hybridized carbons (Fsp3) is 0.500. The lowest BCUT2D eigenvalue weighted by atomic mass is 10.5. The van der Waals surface area contributed by atoms with E-state index in [1.54, 1.807) is 12.4 Å². The zero-order valence-corrected chi connectivity index (χ0v) is 6.83. The Labute approximate surface area is 62.4 Å². The Morgan fingerprint density at radius 2 is 2.00 bits per heavy atom. The van der Waals surface area contributed by atoms with Gasteiger partial charge in [0.25, 0.3) is 0 Å². The van der Waals surface area contributed by atoms with E-state index in [9.17, 15) is 0 Å². The molecule has 0 aliphatic rings.